The van der Waals surface area contributed by atoms with Gasteiger partial charge in [0.2, 0.25) is 0 Å². The van der Waals surface area contributed by atoms with E-state index in [-0.39, 0.29) is 0 Å². The zero-order chi connectivity index (χ0) is 11.2. The Morgan fingerprint density at radius 1 is 1.29 bits per heavy atom. The highest BCUT2D eigenvalue weighted by Gasteiger charge is 2.24. The summed E-state index contributed by atoms with van der Waals surface area (Å²) in [4.78, 5) is 0. The minimum atomic E-state index is 0.354. The zero-order valence-electron chi connectivity index (χ0n) is 10.8. The Morgan fingerprint density at radius 3 is 2.21 bits per heavy atom. The highest BCUT2D eigenvalue weighted by molar-refractivity contribution is 5.05. The molecule has 0 aromatic carbocycles. The fourth-order valence-corrected chi connectivity index (χ4v) is 1.41. The van der Waals surface area contributed by atoms with Crippen molar-refractivity contribution in [1.29, 1.82) is 0 Å². The second-order valence-electron chi connectivity index (χ2n) is 5.02. The van der Waals surface area contributed by atoms with E-state index in [1.807, 2.05) is 0 Å². The molecule has 1 heteroatoms. The quantitative estimate of drug-likeness (QED) is 0.639. The third kappa shape index (κ3) is 4.80. The second kappa shape index (κ2) is 6.23. The van der Waals surface area contributed by atoms with Crippen LogP contribution in [-0.2, 0) is 0 Å². The Bertz CT molecular complexity index is 176. The molecule has 1 nitrogen and oxygen atoms in total. The fourth-order valence-electron chi connectivity index (χ4n) is 1.41. The lowest BCUT2D eigenvalue weighted by Crippen LogP contribution is -2.40. The Morgan fingerprint density at radius 2 is 1.86 bits per heavy atom. The number of allylic oxidation sites excluding steroid dienone is 1. The first-order chi connectivity index (χ1) is 6.44. The predicted octanol–water partition coefficient (Wildman–Crippen LogP) is 3.76. The lowest BCUT2D eigenvalue weighted by molar-refractivity contribution is 0.270. The van der Waals surface area contributed by atoms with Crippen molar-refractivity contribution in [2.45, 2.75) is 60.4 Å². The molecule has 0 spiro atoms. The summed E-state index contributed by atoms with van der Waals surface area (Å²) in [5, 5.41) is 3.62. The summed E-state index contributed by atoms with van der Waals surface area (Å²) in [5.74, 6) is 0. The first kappa shape index (κ1) is 13.7. The molecule has 0 heterocycles. The minimum Gasteiger partial charge on any atom is -0.310 e. The molecule has 0 radical (unpaired) electrons. The normalized spacial score (nSPS) is 13.9. The number of nitrogens with one attached hydrogen (secondary N) is 1. The van der Waals surface area contributed by atoms with Gasteiger partial charge in [-0.15, -0.1) is 0 Å². The van der Waals surface area contributed by atoms with Crippen LogP contribution in [0.15, 0.2) is 11.6 Å². The van der Waals surface area contributed by atoms with Gasteiger partial charge < -0.3 is 5.32 Å². The average Bonchev–Trinajstić information content (AvgIpc) is 2.11. The van der Waals surface area contributed by atoms with E-state index in [1.165, 1.54) is 18.4 Å². The molecule has 0 amide bonds. The molecule has 84 valence electrons. The zero-order valence-corrected chi connectivity index (χ0v) is 10.8. The van der Waals surface area contributed by atoms with Crippen LogP contribution in [0.3, 0.4) is 0 Å². The molecule has 0 saturated heterocycles. The number of rotatable bonds is 6. The molecule has 0 aliphatic carbocycles. The summed E-state index contributed by atoms with van der Waals surface area (Å²) < 4.78 is 0. The Balaban J connectivity index is 4.46. The monoisotopic (exact) mass is 197 g/mol. The standard InChI is InChI=1S/C13H27N/c1-7-9-14-12(10-11(3)4)13(5,6)8-2/h10,12,14H,7-9H2,1-6H3. The Labute approximate surface area is 90.0 Å². The molecule has 0 aliphatic rings. The summed E-state index contributed by atoms with van der Waals surface area (Å²) in [6.45, 7) is 14.6. The SMILES string of the molecule is CCCNC(C=C(C)C)C(C)(C)CC. The lowest BCUT2D eigenvalue weighted by Gasteiger charge is -2.32. The summed E-state index contributed by atoms with van der Waals surface area (Å²) in [6.07, 6.45) is 4.77. The Hall–Kier alpha value is -0.300. The maximum Gasteiger partial charge on any atom is 0.0303 e. The molecule has 0 bridgehead atoms. The molecule has 0 saturated carbocycles. The Kier molecular flexibility index (Phi) is 6.10. The van der Waals surface area contributed by atoms with Gasteiger partial charge in [-0.05, 0) is 38.6 Å². The molecule has 0 aromatic rings. The van der Waals surface area contributed by atoms with Gasteiger partial charge in [0, 0.05) is 6.04 Å². The van der Waals surface area contributed by atoms with Crippen LogP contribution in [0.2, 0.25) is 0 Å². The van der Waals surface area contributed by atoms with Crippen molar-refractivity contribution in [1.82, 2.24) is 5.32 Å². The van der Waals surface area contributed by atoms with Crippen molar-refractivity contribution < 1.29 is 0 Å². The highest BCUT2D eigenvalue weighted by Crippen LogP contribution is 2.26. The summed E-state index contributed by atoms with van der Waals surface area (Å²) in [5.41, 5.74) is 1.76. The van der Waals surface area contributed by atoms with Crippen molar-refractivity contribution in [3.8, 4) is 0 Å². The minimum absolute atomic E-state index is 0.354. The van der Waals surface area contributed by atoms with Gasteiger partial charge >= 0.3 is 0 Å². The summed E-state index contributed by atoms with van der Waals surface area (Å²) >= 11 is 0. The molecule has 0 aromatic heterocycles. The van der Waals surface area contributed by atoms with Gasteiger partial charge in [0.1, 0.15) is 0 Å². The molecule has 0 fully saturated rings. The molecule has 1 atom stereocenters. The number of hydrogen-bond acceptors (Lipinski definition) is 1. The van der Waals surface area contributed by atoms with Crippen LogP contribution < -0.4 is 5.32 Å². The van der Waals surface area contributed by atoms with E-state index < -0.39 is 0 Å². The van der Waals surface area contributed by atoms with E-state index in [0.717, 1.165) is 6.54 Å². The van der Waals surface area contributed by atoms with Gasteiger partial charge in [0.25, 0.3) is 0 Å². The third-order valence-electron chi connectivity index (χ3n) is 2.87. The molecule has 1 unspecified atom stereocenters. The van der Waals surface area contributed by atoms with Crippen LogP contribution in [0.1, 0.15) is 54.4 Å². The van der Waals surface area contributed by atoms with Gasteiger partial charge in [-0.25, -0.2) is 0 Å². The maximum absolute atomic E-state index is 3.62. The van der Waals surface area contributed by atoms with Crippen molar-refractivity contribution in [2.75, 3.05) is 6.54 Å². The smallest absolute Gasteiger partial charge is 0.0303 e. The second-order valence-corrected chi connectivity index (χ2v) is 5.02. The molecule has 14 heavy (non-hydrogen) atoms. The van der Waals surface area contributed by atoms with Crippen LogP contribution in [0.4, 0.5) is 0 Å². The van der Waals surface area contributed by atoms with Crippen LogP contribution in [0.5, 0.6) is 0 Å². The lowest BCUT2D eigenvalue weighted by atomic mass is 9.81. The highest BCUT2D eigenvalue weighted by atomic mass is 14.9. The van der Waals surface area contributed by atoms with E-state index in [9.17, 15) is 0 Å². The van der Waals surface area contributed by atoms with Crippen LogP contribution in [-0.4, -0.2) is 12.6 Å². The van der Waals surface area contributed by atoms with E-state index in [4.69, 9.17) is 0 Å². The van der Waals surface area contributed by atoms with Crippen LogP contribution in [0.25, 0.3) is 0 Å². The summed E-state index contributed by atoms with van der Waals surface area (Å²) in [6, 6.07) is 0.512. The van der Waals surface area contributed by atoms with Gasteiger partial charge in [0.15, 0.2) is 0 Å². The van der Waals surface area contributed by atoms with Crippen molar-refractivity contribution >= 4 is 0 Å². The summed E-state index contributed by atoms with van der Waals surface area (Å²) in [7, 11) is 0. The van der Waals surface area contributed by atoms with Crippen molar-refractivity contribution in [2.24, 2.45) is 5.41 Å². The maximum atomic E-state index is 3.62. The predicted molar refractivity (Wildman–Crippen MR) is 65.6 cm³/mol. The van der Waals surface area contributed by atoms with Crippen molar-refractivity contribution in [3.63, 3.8) is 0 Å². The molecule has 1 N–H and O–H groups in total. The first-order valence-corrected chi connectivity index (χ1v) is 5.82. The van der Waals surface area contributed by atoms with E-state index in [1.54, 1.807) is 0 Å². The largest absolute Gasteiger partial charge is 0.310 e. The van der Waals surface area contributed by atoms with Crippen molar-refractivity contribution in [3.05, 3.63) is 11.6 Å². The van der Waals surface area contributed by atoms with Gasteiger partial charge in [0.05, 0.1) is 0 Å². The van der Waals surface area contributed by atoms with Crippen LogP contribution in [0, 0.1) is 5.41 Å². The average molecular weight is 197 g/mol. The first-order valence-electron chi connectivity index (χ1n) is 5.82. The molecular weight excluding hydrogens is 170 g/mol. The third-order valence-corrected chi connectivity index (χ3v) is 2.87. The van der Waals surface area contributed by atoms with Gasteiger partial charge in [-0.2, -0.15) is 0 Å². The van der Waals surface area contributed by atoms with E-state index in [0.29, 0.717) is 11.5 Å². The topological polar surface area (TPSA) is 12.0 Å². The number of hydrogen-bond donors (Lipinski definition) is 1. The van der Waals surface area contributed by atoms with Gasteiger partial charge in [-0.1, -0.05) is 39.3 Å². The van der Waals surface area contributed by atoms with E-state index >= 15 is 0 Å². The van der Waals surface area contributed by atoms with E-state index in [2.05, 4.69) is 52.9 Å². The molecule has 0 aliphatic heterocycles. The molecule has 0 rings (SSSR count). The van der Waals surface area contributed by atoms with Crippen LogP contribution >= 0.6 is 0 Å². The molecular formula is C13H27N. The van der Waals surface area contributed by atoms with Gasteiger partial charge in [-0.3, -0.25) is 0 Å². The fraction of sp³-hybridized carbons (Fsp3) is 0.846.